The number of rotatable bonds is 9. The molecule has 0 atom stereocenters. The summed E-state index contributed by atoms with van der Waals surface area (Å²) in [6, 6.07) is 0. The van der Waals surface area contributed by atoms with E-state index in [-0.39, 0.29) is 24.0 Å². The Labute approximate surface area is 161 Å². The van der Waals surface area contributed by atoms with Crippen LogP contribution in [-0.4, -0.2) is 62.6 Å². The van der Waals surface area contributed by atoms with E-state index in [1.54, 1.807) is 0 Å². The Bertz CT molecular complexity index is 299. The third-order valence-electron chi connectivity index (χ3n) is 4.44. The molecule has 0 spiro atoms. The Morgan fingerprint density at radius 1 is 1.09 bits per heavy atom. The first-order valence-corrected chi connectivity index (χ1v) is 9.31. The molecule has 0 aromatic heterocycles. The van der Waals surface area contributed by atoms with Crippen molar-refractivity contribution in [2.45, 2.75) is 58.8 Å². The maximum atomic E-state index is 4.83. The van der Waals surface area contributed by atoms with Crippen LogP contribution in [0.15, 0.2) is 4.99 Å². The van der Waals surface area contributed by atoms with E-state index in [0.29, 0.717) is 0 Å². The monoisotopic (exact) mass is 438 g/mol. The predicted molar refractivity (Wildman–Crippen MR) is 113 cm³/mol. The van der Waals surface area contributed by atoms with Gasteiger partial charge >= 0.3 is 0 Å². The lowest BCUT2D eigenvalue weighted by Gasteiger charge is -2.33. The Morgan fingerprint density at radius 3 is 2.30 bits per heavy atom. The average molecular weight is 438 g/mol. The lowest BCUT2D eigenvalue weighted by molar-refractivity contribution is 0.273. The van der Waals surface area contributed by atoms with E-state index in [2.05, 4.69) is 43.1 Å². The van der Waals surface area contributed by atoms with Gasteiger partial charge in [-0.15, -0.1) is 24.0 Å². The van der Waals surface area contributed by atoms with Gasteiger partial charge in [0.15, 0.2) is 5.96 Å². The summed E-state index contributed by atoms with van der Waals surface area (Å²) in [6.45, 7) is 10.0. The Hall–Kier alpha value is -0.0400. The second-order valence-corrected chi connectivity index (χ2v) is 6.98. The van der Waals surface area contributed by atoms with Crippen molar-refractivity contribution in [2.75, 3.05) is 46.8 Å². The third-order valence-corrected chi connectivity index (χ3v) is 4.44. The van der Waals surface area contributed by atoms with Gasteiger partial charge in [0.05, 0.1) is 0 Å². The van der Waals surface area contributed by atoms with Crippen LogP contribution >= 0.6 is 24.0 Å². The summed E-state index contributed by atoms with van der Waals surface area (Å²) in [5, 5.41) is 3.46. The average Bonchev–Trinajstić information content (AvgIpc) is 2.49. The van der Waals surface area contributed by atoms with Crippen LogP contribution in [0.2, 0.25) is 0 Å². The van der Waals surface area contributed by atoms with E-state index >= 15 is 0 Å². The standard InChI is InChI=1S/C18H38N4.HI/c1-5-19-18(22-15-11-17(2)12-16-22)20-13-9-7-6-8-10-14-21(3)4;/h17H,5-16H2,1-4H3,(H,19,20);1H. The molecule has 1 saturated heterocycles. The SMILES string of the molecule is CCNC(=NCCCCCCCN(C)C)N1CCC(C)CC1.I. The highest BCUT2D eigenvalue weighted by Gasteiger charge is 2.18. The van der Waals surface area contributed by atoms with Crippen LogP contribution in [0, 0.1) is 5.92 Å². The zero-order chi connectivity index (χ0) is 16.2. The third kappa shape index (κ3) is 11.2. The van der Waals surface area contributed by atoms with Gasteiger partial charge < -0.3 is 15.1 Å². The van der Waals surface area contributed by atoms with Crippen molar-refractivity contribution in [3.63, 3.8) is 0 Å². The topological polar surface area (TPSA) is 30.9 Å². The van der Waals surface area contributed by atoms with E-state index in [0.717, 1.165) is 38.1 Å². The first-order chi connectivity index (χ1) is 10.6. The van der Waals surface area contributed by atoms with Crippen molar-refractivity contribution in [3.8, 4) is 0 Å². The molecule has 1 aliphatic rings. The van der Waals surface area contributed by atoms with Gasteiger partial charge in [-0.2, -0.15) is 0 Å². The van der Waals surface area contributed by atoms with E-state index in [9.17, 15) is 0 Å². The quantitative estimate of drug-likeness (QED) is 0.257. The molecule has 0 radical (unpaired) electrons. The van der Waals surface area contributed by atoms with Gasteiger partial charge in [-0.1, -0.05) is 26.2 Å². The molecule has 1 rings (SSSR count). The molecule has 1 heterocycles. The second-order valence-electron chi connectivity index (χ2n) is 6.98. The molecule has 23 heavy (non-hydrogen) atoms. The lowest BCUT2D eigenvalue weighted by atomic mass is 10.00. The van der Waals surface area contributed by atoms with Crippen LogP contribution in [0.5, 0.6) is 0 Å². The summed E-state index contributed by atoms with van der Waals surface area (Å²) in [5.74, 6) is 2.02. The first kappa shape index (κ1) is 23.0. The molecule has 4 nitrogen and oxygen atoms in total. The van der Waals surface area contributed by atoms with Crippen molar-refractivity contribution in [3.05, 3.63) is 0 Å². The highest BCUT2D eigenvalue weighted by atomic mass is 127. The van der Waals surface area contributed by atoms with Crippen molar-refractivity contribution < 1.29 is 0 Å². The predicted octanol–water partition coefficient (Wildman–Crippen LogP) is 3.81. The first-order valence-electron chi connectivity index (χ1n) is 9.31. The molecule has 0 aromatic rings. The molecule has 1 aliphatic heterocycles. The van der Waals surface area contributed by atoms with E-state index in [4.69, 9.17) is 4.99 Å². The fraction of sp³-hybridized carbons (Fsp3) is 0.944. The molecule has 0 aromatic carbocycles. The van der Waals surface area contributed by atoms with Gasteiger partial charge in [0.2, 0.25) is 0 Å². The summed E-state index contributed by atoms with van der Waals surface area (Å²) in [7, 11) is 4.30. The van der Waals surface area contributed by atoms with E-state index in [1.807, 2.05) is 0 Å². The number of piperidine rings is 1. The molecule has 1 N–H and O–H groups in total. The number of hydrogen-bond acceptors (Lipinski definition) is 2. The maximum absolute atomic E-state index is 4.83. The molecular formula is C18H39IN4. The van der Waals surface area contributed by atoms with Crippen LogP contribution in [0.1, 0.15) is 58.8 Å². The summed E-state index contributed by atoms with van der Waals surface area (Å²) in [4.78, 5) is 9.55. The molecule has 1 fully saturated rings. The lowest BCUT2D eigenvalue weighted by Crippen LogP contribution is -2.45. The molecule has 5 heteroatoms. The van der Waals surface area contributed by atoms with Crippen molar-refractivity contribution in [1.29, 1.82) is 0 Å². The summed E-state index contributed by atoms with van der Waals surface area (Å²) in [6.07, 6.45) is 9.17. The highest BCUT2D eigenvalue weighted by molar-refractivity contribution is 14.0. The van der Waals surface area contributed by atoms with Crippen molar-refractivity contribution in [1.82, 2.24) is 15.1 Å². The maximum Gasteiger partial charge on any atom is 0.193 e. The Morgan fingerprint density at radius 2 is 1.70 bits per heavy atom. The number of nitrogens with one attached hydrogen (secondary N) is 1. The van der Waals surface area contributed by atoms with Gasteiger partial charge in [-0.05, 0) is 59.2 Å². The van der Waals surface area contributed by atoms with Crippen LogP contribution in [0.25, 0.3) is 0 Å². The van der Waals surface area contributed by atoms with Crippen molar-refractivity contribution in [2.24, 2.45) is 10.9 Å². The minimum Gasteiger partial charge on any atom is -0.357 e. The number of halogens is 1. The van der Waals surface area contributed by atoms with E-state index in [1.165, 1.54) is 51.5 Å². The van der Waals surface area contributed by atoms with Crippen LogP contribution in [-0.2, 0) is 0 Å². The number of guanidine groups is 1. The van der Waals surface area contributed by atoms with Gasteiger partial charge in [0, 0.05) is 26.2 Å². The second kappa shape index (κ2) is 14.3. The summed E-state index contributed by atoms with van der Waals surface area (Å²) >= 11 is 0. The van der Waals surface area contributed by atoms with E-state index < -0.39 is 0 Å². The zero-order valence-electron chi connectivity index (χ0n) is 15.8. The largest absolute Gasteiger partial charge is 0.357 e. The van der Waals surface area contributed by atoms with Crippen LogP contribution in [0.3, 0.4) is 0 Å². The molecule has 0 amide bonds. The molecule has 0 aliphatic carbocycles. The summed E-state index contributed by atoms with van der Waals surface area (Å²) in [5.41, 5.74) is 0. The summed E-state index contributed by atoms with van der Waals surface area (Å²) < 4.78 is 0. The van der Waals surface area contributed by atoms with Gasteiger partial charge in [0.1, 0.15) is 0 Å². The number of unbranched alkanes of at least 4 members (excludes halogenated alkanes) is 4. The fourth-order valence-corrected chi connectivity index (χ4v) is 2.90. The number of nitrogens with zero attached hydrogens (tertiary/aromatic N) is 3. The van der Waals surface area contributed by atoms with Gasteiger partial charge in [-0.3, -0.25) is 4.99 Å². The van der Waals surface area contributed by atoms with Gasteiger partial charge in [-0.25, -0.2) is 0 Å². The minimum absolute atomic E-state index is 0. The number of likely N-dealkylation sites (tertiary alicyclic amines) is 1. The van der Waals surface area contributed by atoms with Gasteiger partial charge in [0.25, 0.3) is 0 Å². The van der Waals surface area contributed by atoms with Crippen LogP contribution < -0.4 is 5.32 Å². The number of hydrogen-bond donors (Lipinski definition) is 1. The smallest absolute Gasteiger partial charge is 0.193 e. The molecule has 0 saturated carbocycles. The zero-order valence-corrected chi connectivity index (χ0v) is 18.1. The van der Waals surface area contributed by atoms with Crippen molar-refractivity contribution >= 4 is 29.9 Å². The Kier molecular flexibility index (Phi) is 14.3. The molecular weight excluding hydrogens is 399 g/mol. The normalized spacial score (nSPS) is 16.6. The Balaban J connectivity index is 0.00000484. The van der Waals surface area contributed by atoms with Crippen LogP contribution in [0.4, 0.5) is 0 Å². The number of aliphatic imine (C=N–C) groups is 1. The molecule has 0 bridgehead atoms. The molecule has 0 unspecified atom stereocenters. The molecule has 138 valence electrons. The fourth-order valence-electron chi connectivity index (χ4n) is 2.90. The highest BCUT2D eigenvalue weighted by Crippen LogP contribution is 2.16. The minimum atomic E-state index is 0.